The summed E-state index contributed by atoms with van der Waals surface area (Å²) in [6, 6.07) is 12.6. The second-order valence-electron chi connectivity index (χ2n) is 4.25. The van der Waals surface area contributed by atoms with Crippen molar-refractivity contribution >= 4 is 17.3 Å². The molecule has 2 aromatic rings. The molecule has 19 heavy (non-hydrogen) atoms. The Morgan fingerprint density at radius 1 is 1.21 bits per heavy atom. The third-order valence-corrected chi connectivity index (χ3v) is 2.77. The summed E-state index contributed by atoms with van der Waals surface area (Å²) in [7, 11) is 1.55. The van der Waals surface area contributed by atoms with E-state index in [4.69, 9.17) is 10.5 Å². The minimum Gasteiger partial charge on any atom is -0.494 e. The Hall–Kier alpha value is -2.49. The lowest BCUT2D eigenvalue weighted by molar-refractivity contribution is 0.102. The van der Waals surface area contributed by atoms with Crippen LogP contribution in [0.15, 0.2) is 42.5 Å². The molecule has 0 saturated carbocycles. The molecule has 0 aliphatic heterocycles. The van der Waals surface area contributed by atoms with Crippen LogP contribution in [0.2, 0.25) is 0 Å². The molecular weight excluding hydrogens is 240 g/mol. The summed E-state index contributed by atoms with van der Waals surface area (Å²) in [4.78, 5) is 12.1. The number of methoxy groups -OCH3 is 1. The number of benzene rings is 2. The first-order valence-corrected chi connectivity index (χ1v) is 5.92. The smallest absolute Gasteiger partial charge is 0.255 e. The number of aryl methyl sites for hydroxylation is 1. The van der Waals surface area contributed by atoms with Crippen LogP contribution in [0.25, 0.3) is 0 Å². The summed E-state index contributed by atoms with van der Waals surface area (Å²) >= 11 is 0. The number of nitrogens with one attached hydrogen (secondary N) is 1. The van der Waals surface area contributed by atoms with Gasteiger partial charge in [0.25, 0.3) is 5.91 Å². The van der Waals surface area contributed by atoms with Gasteiger partial charge in [-0.05, 0) is 36.8 Å². The lowest BCUT2D eigenvalue weighted by atomic mass is 10.1. The van der Waals surface area contributed by atoms with Crippen molar-refractivity contribution in [2.45, 2.75) is 6.92 Å². The van der Waals surface area contributed by atoms with Gasteiger partial charge in [-0.1, -0.05) is 18.2 Å². The van der Waals surface area contributed by atoms with E-state index < -0.39 is 0 Å². The number of carbonyl (C=O) groups is 1. The molecule has 3 N–H and O–H groups in total. The van der Waals surface area contributed by atoms with Crippen LogP contribution in [0.3, 0.4) is 0 Å². The lowest BCUT2D eigenvalue weighted by Gasteiger charge is -2.13. The van der Waals surface area contributed by atoms with E-state index in [0.717, 1.165) is 5.56 Å². The summed E-state index contributed by atoms with van der Waals surface area (Å²) in [5.41, 5.74) is 8.47. The van der Waals surface area contributed by atoms with E-state index in [0.29, 0.717) is 22.7 Å². The highest BCUT2D eigenvalue weighted by atomic mass is 16.5. The van der Waals surface area contributed by atoms with Crippen LogP contribution in [0.5, 0.6) is 5.75 Å². The molecule has 4 nitrogen and oxygen atoms in total. The summed E-state index contributed by atoms with van der Waals surface area (Å²) in [6.45, 7) is 1.92. The fraction of sp³-hybridized carbons (Fsp3) is 0.133. The van der Waals surface area contributed by atoms with Crippen LogP contribution in [-0.2, 0) is 0 Å². The first-order valence-electron chi connectivity index (χ1n) is 5.92. The molecule has 1 amide bonds. The maximum absolute atomic E-state index is 12.1. The van der Waals surface area contributed by atoms with Crippen LogP contribution in [0, 0.1) is 6.92 Å². The van der Waals surface area contributed by atoms with Crippen LogP contribution >= 0.6 is 0 Å². The normalized spacial score (nSPS) is 10.0. The first-order chi connectivity index (χ1) is 9.11. The number of anilines is 2. The number of carbonyl (C=O) groups excluding carboxylic acids is 1. The molecule has 0 heterocycles. The van der Waals surface area contributed by atoms with Crippen LogP contribution < -0.4 is 15.8 Å². The summed E-state index contributed by atoms with van der Waals surface area (Å²) in [6.07, 6.45) is 0. The fourth-order valence-electron chi connectivity index (χ4n) is 1.85. The minimum absolute atomic E-state index is 0.213. The van der Waals surface area contributed by atoms with Gasteiger partial charge in [-0.15, -0.1) is 0 Å². The molecule has 2 aromatic carbocycles. The van der Waals surface area contributed by atoms with Gasteiger partial charge in [0.05, 0.1) is 12.8 Å². The van der Waals surface area contributed by atoms with Crippen LogP contribution in [0.4, 0.5) is 11.4 Å². The van der Waals surface area contributed by atoms with Gasteiger partial charge >= 0.3 is 0 Å². The standard InChI is InChI=1S/C15H16N2O2/c1-10-8-12(16)14(13(9-10)19-2)17-15(18)11-6-4-3-5-7-11/h3-9H,16H2,1-2H3,(H,17,18). The van der Waals surface area contributed by atoms with Gasteiger partial charge in [-0.25, -0.2) is 0 Å². The zero-order chi connectivity index (χ0) is 13.8. The lowest BCUT2D eigenvalue weighted by Crippen LogP contribution is -2.14. The van der Waals surface area contributed by atoms with Crippen molar-refractivity contribution in [2.75, 3.05) is 18.2 Å². The highest BCUT2D eigenvalue weighted by molar-refractivity contribution is 6.06. The average molecular weight is 256 g/mol. The topological polar surface area (TPSA) is 64.3 Å². The van der Waals surface area contributed by atoms with Crippen molar-refractivity contribution in [2.24, 2.45) is 0 Å². The molecule has 0 unspecified atom stereocenters. The quantitative estimate of drug-likeness (QED) is 0.830. The number of nitrogen functional groups attached to an aromatic ring is 1. The van der Waals surface area contributed by atoms with Crippen LogP contribution in [0.1, 0.15) is 15.9 Å². The maximum atomic E-state index is 12.1. The zero-order valence-corrected chi connectivity index (χ0v) is 10.9. The Kier molecular flexibility index (Phi) is 3.71. The number of nitrogens with two attached hydrogens (primary N) is 1. The SMILES string of the molecule is COc1cc(C)cc(N)c1NC(=O)c1ccccc1. The molecule has 0 fully saturated rings. The van der Waals surface area contributed by atoms with E-state index >= 15 is 0 Å². The summed E-state index contributed by atoms with van der Waals surface area (Å²) < 4.78 is 5.25. The second-order valence-corrected chi connectivity index (χ2v) is 4.25. The molecule has 0 saturated heterocycles. The number of rotatable bonds is 3. The minimum atomic E-state index is -0.213. The molecule has 0 atom stereocenters. The molecule has 0 aliphatic carbocycles. The highest BCUT2D eigenvalue weighted by Crippen LogP contribution is 2.32. The van der Waals surface area contributed by atoms with Crippen molar-refractivity contribution < 1.29 is 9.53 Å². The van der Waals surface area contributed by atoms with E-state index in [-0.39, 0.29) is 5.91 Å². The van der Waals surface area contributed by atoms with E-state index in [2.05, 4.69) is 5.32 Å². The summed E-state index contributed by atoms with van der Waals surface area (Å²) in [5, 5.41) is 2.78. The van der Waals surface area contributed by atoms with Gasteiger partial charge in [0.1, 0.15) is 11.4 Å². The number of hydrogen-bond acceptors (Lipinski definition) is 3. The monoisotopic (exact) mass is 256 g/mol. The highest BCUT2D eigenvalue weighted by Gasteiger charge is 2.12. The third kappa shape index (κ3) is 2.85. The Labute approximate surface area is 112 Å². The molecular formula is C15H16N2O2. The molecule has 0 spiro atoms. The van der Waals surface area contributed by atoms with Gasteiger partial charge in [-0.3, -0.25) is 4.79 Å². The van der Waals surface area contributed by atoms with Gasteiger partial charge < -0.3 is 15.8 Å². The van der Waals surface area contributed by atoms with E-state index in [1.807, 2.05) is 31.2 Å². The molecule has 0 aromatic heterocycles. The molecule has 4 heteroatoms. The van der Waals surface area contributed by atoms with Crippen molar-refractivity contribution in [3.8, 4) is 5.75 Å². The Morgan fingerprint density at radius 2 is 1.89 bits per heavy atom. The van der Waals surface area contributed by atoms with Gasteiger partial charge in [0.15, 0.2) is 0 Å². The van der Waals surface area contributed by atoms with E-state index in [1.54, 1.807) is 25.3 Å². The predicted molar refractivity (Wildman–Crippen MR) is 76.5 cm³/mol. The predicted octanol–water partition coefficient (Wildman–Crippen LogP) is 2.84. The molecule has 0 bridgehead atoms. The number of amides is 1. The van der Waals surface area contributed by atoms with Crippen molar-refractivity contribution in [3.05, 3.63) is 53.6 Å². The number of ether oxygens (including phenoxy) is 1. The van der Waals surface area contributed by atoms with Crippen molar-refractivity contribution in [3.63, 3.8) is 0 Å². The van der Waals surface area contributed by atoms with Crippen LogP contribution in [-0.4, -0.2) is 13.0 Å². The summed E-state index contributed by atoms with van der Waals surface area (Å²) in [5.74, 6) is 0.344. The molecule has 2 rings (SSSR count). The van der Waals surface area contributed by atoms with Gasteiger partial charge in [0.2, 0.25) is 0 Å². The fourth-order valence-corrected chi connectivity index (χ4v) is 1.85. The maximum Gasteiger partial charge on any atom is 0.255 e. The van der Waals surface area contributed by atoms with Crippen molar-refractivity contribution in [1.82, 2.24) is 0 Å². The first kappa shape index (κ1) is 13.0. The van der Waals surface area contributed by atoms with E-state index in [1.165, 1.54) is 0 Å². The largest absolute Gasteiger partial charge is 0.494 e. The van der Waals surface area contributed by atoms with Gasteiger partial charge in [0, 0.05) is 5.56 Å². The van der Waals surface area contributed by atoms with Gasteiger partial charge in [-0.2, -0.15) is 0 Å². The molecule has 98 valence electrons. The average Bonchev–Trinajstić information content (AvgIpc) is 2.42. The third-order valence-electron chi connectivity index (χ3n) is 2.77. The zero-order valence-electron chi connectivity index (χ0n) is 10.9. The Morgan fingerprint density at radius 3 is 2.53 bits per heavy atom. The second kappa shape index (κ2) is 5.44. The van der Waals surface area contributed by atoms with Crippen molar-refractivity contribution in [1.29, 1.82) is 0 Å². The Balaban J connectivity index is 2.31. The van der Waals surface area contributed by atoms with E-state index in [9.17, 15) is 4.79 Å². The molecule has 0 radical (unpaired) electrons. The molecule has 0 aliphatic rings. The Bertz CT molecular complexity index is 595. The number of hydrogen-bond donors (Lipinski definition) is 2.